The minimum absolute atomic E-state index is 0.148. The van der Waals surface area contributed by atoms with Crippen LogP contribution in [0.4, 0.5) is 19.0 Å². The second-order valence-electron chi connectivity index (χ2n) is 5.32. The molecule has 2 N–H and O–H groups in total. The van der Waals surface area contributed by atoms with E-state index in [1.807, 2.05) is 0 Å². The number of Topliss-reactive ketones (excluding diaryl/α,β-unsaturated/α-hetero) is 1. The summed E-state index contributed by atoms with van der Waals surface area (Å²) in [5, 5.41) is -0.454. The number of ketones is 1. The number of nitrogens with two attached hydrogens (primary N) is 1. The van der Waals surface area contributed by atoms with E-state index >= 15 is 0 Å². The third-order valence-electron chi connectivity index (χ3n) is 3.60. The molecule has 140 valence electrons. The van der Waals surface area contributed by atoms with Gasteiger partial charge in [-0.15, -0.1) is 11.8 Å². The maximum absolute atomic E-state index is 12.9. The molecule has 0 aliphatic rings. The van der Waals surface area contributed by atoms with Gasteiger partial charge in [-0.2, -0.15) is 13.2 Å². The molecule has 2 aromatic rings. The average Bonchev–Trinajstić information content (AvgIpc) is 2.56. The number of aromatic nitrogens is 2. The smallest absolute Gasteiger partial charge is 0.384 e. The molecule has 1 aromatic heterocycles. The number of carbonyl (C=O) groups is 1. The highest BCUT2D eigenvalue weighted by atomic mass is 35.5. The predicted octanol–water partition coefficient (Wildman–Crippen LogP) is 2.31. The molecular weight excluding hydrogens is 395 g/mol. The second kappa shape index (κ2) is 7.20. The Morgan fingerprint density at radius 2 is 1.85 bits per heavy atom. The van der Waals surface area contributed by atoms with Crippen LogP contribution >= 0.6 is 23.4 Å². The lowest BCUT2D eigenvalue weighted by molar-refractivity contribution is -0.137. The zero-order chi connectivity index (χ0) is 19.8. The fourth-order valence-corrected chi connectivity index (χ4v) is 3.19. The van der Waals surface area contributed by atoms with Gasteiger partial charge in [0.1, 0.15) is 11.4 Å². The summed E-state index contributed by atoms with van der Waals surface area (Å²) in [6, 6.07) is 3.23. The van der Waals surface area contributed by atoms with E-state index in [1.165, 1.54) is 20.2 Å². The van der Waals surface area contributed by atoms with Gasteiger partial charge in [-0.25, -0.2) is 4.79 Å². The summed E-state index contributed by atoms with van der Waals surface area (Å²) in [6.45, 7) is 0. The third kappa shape index (κ3) is 3.80. The van der Waals surface area contributed by atoms with Crippen LogP contribution in [0.3, 0.4) is 0 Å². The molecule has 0 spiro atoms. The number of nitrogens with zero attached hydrogens (tertiary/aromatic N) is 2. The molecule has 2 rings (SSSR count). The number of carbonyl (C=O) groups excluding carboxylic acids is 1. The maximum atomic E-state index is 12.9. The summed E-state index contributed by atoms with van der Waals surface area (Å²) in [6.07, 6.45) is -4.63. The molecule has 0 radical (unpaired) electrons. The first-order valence-corrected chi connectivity index (χ1v) is 8.39. The summed E-state index contributed by atoms with van der Waals surface area (Å²) in [5.41, 5.74) is 2.73. The van der Waals surface area contributed by atoms with Crippen LogP contribution in [-0.2, 0) is 20.3 Å². The highest BCUT2D eigenvalue weighted by Gasteiger charge is 2.33. The molecule has 1 aromatic carbocycles. The summed E-state index contributed by atoms with van der Waals surface area (Å²) >= 11 is 6.34. The zero-order valence-corrected chi connectivity index (χ0v) is 15.1. The van der Waals surface area contributed by atoms with E-state index in [9.17, 15) is 27.6 Å². The van der Waals surface area contributed by atoms with E-state index < -0.39 is 33.8 Å². The molecule has 0 saturated heterocycles. The minimum atomic E-state index is -4.63. The molecule has 0 bridgehead atoms. The van der Waals surface area contributed by atoms with Crippen LogP contribution in [-0.4, -0.2) is 20.7 Å². The van der Waals surface area contributed by atoms with E-state index in [0.717, 1.165) is 33.0 Å². The van der Waals surface area contributed by atoms with Crippen molar-refractivity contribution in [1.29, 1.82) is 0 Å². The summed E-state index contributed by atoms with van der Waals surface area (Å²) < 4.78 is 40.3. The Balaban J connectivity index is 2.31. The molecular formula is C15H13ClF3N3O3S. The van der Waals surface area contributed by atoms with Gasteiger partial charge in [-0.1, -0.05) is 11.6 Å². The van der Waals surface area contributed by atoms with Crippen molar-refractivity contribution in [2.24, 2.45) is 14.1 Å². The van der Waals surface area contributed by atoms with Crippen LogP contribution in [0.5, 0.6) is 0 Å². The zero-order valence-electron chi connectivity index (χ0n) is 13.6. The second-order valence-corrected chi connectivity index (χ2v) is 6.77. The Hall–Kier alpha value is -2.20. The summed E-state index contributed by atoms with van der Waals surface area (Å²) in [5.74, 6) is -1.33. The number of benzene rings is 1. The van der Waals surface area contributed by atoms with Crippen molar-refractivity contribution in [3.8, 4) is 0 Å². The fourth-order valence-electron chi connectivity index (χ4n) is 2.15. The quantitative estimate of drug-likeness (QED) is 0.620. The molecule has 0 atom stereocenters. The third-order valence-corrected chi connectivity index (χ3v) is 4.93. The number of nitrogen functional groups attached to an aromatic ring is 1. The normalized spacial score (nSPS) is 11.6. The van der Waals surface area contributed by atoms with E-state index in [-0.39, 0.29) is 22.0 Å². The van der Waals surface area contributed by atoms with Gasteiger partial charge in [0.15, 0.2) is 5.78 Å². The van der Waals surface area contributed by atoms with Crippen LogP contribution < -0.4 is 17.0 Å². The Bertz CT molecular complexity index is 999. The van der Waals surface area contributed by atoms with Crippen molar-refractivity contribution in [1.82, 2.24) is 9.13 Å². The largest absolute Gasteiger partial charge is 0.417 e. The molecule has 0 aliphatic heterocycles. The molecule has 0 unspecified atom stereocenters. The van der Waals surface area contributed by atoms with Crippen LogP contribution in [0.1, 0.15) is 15.9 Å². The number of thioether (sulfide) groups is 1. The maximum Gasteiger partial charge on any atom is 0.417 e. The standard InChI is InChI=1S/C15H13ClF3N3O3S/c1-21-12(20)11(13(24)22(2)14(21)25)10(23)6-26-7-3-4-9(16)8(5-7)15(17,18)19/h3-5H,6,20H2,1-2H3. The van der Waals surface area contributed by atoms with Gasteiger partial charge in [0.25, 0.3) is 5.56 Å². The lowest BCUT2D eigenvalue weighted by atomic mass is 10.2. The number of hydrogen-bond acceptors (Lipinski definition) is 5. The monoisotopic (exact) mass is 407 g/mol. The molecule has 26 heavy (non-hydrogen) atoms. The van der Waals surface area contributed by atoms with Crippen molar-refractivity contribution >= 4 is 35.0 Å². The van der Waals surface area contributed by atoms with Gasteiger partial charge in [0.05, 0.1) is 16.3 Å². The number of alkyl halides is 3. The topological polar surface area (TPSA) is 87.1 Å². The first-order chi connectivity index (χ1) is 11.9. The Kier molecular flexibility index (Phi) is 5.57. The van der Waals surface area contributed by atoms with Crippen molar-refractivity contribution in [3.05, 3.63) is 55.2 Å². The lowest BCUT2D eigenvalue weighted by Gasteiger charge is -2.12. The van der Waals surface area contributed by atoms with Gasteiger partial charge in [0, 0.05) is 19.0 Å². The molecule has 0 amide bonds. The van der Waals surface area contributed by atoms with E-state index in [1.54, 1.807) is 0 Å². The highest BCUT2D eigenvalue weighted by Crippen LogP contribution is 2.37. The molecule has 0 saturated carbocycles. The van der Waals surface area contributed by atoms with Crippen LogP contribution in [0.2, 0.25) is 5.02 Å². The summed E-state index contributed by atoms with van der Waals surface area (Å²) in [4.78, 5) is 36.4. The SMILES string of the molecule is Cn1c(N)c(C(=O)CSc2ccc(Cl)c(C(F)(F)F)c2)c(=O)n(C)c1=O. The van der Waals surface area contributed by atoms with Crippen molar-refractivity contribution in [3.63, 3.8) is 0 Å². The van der Waals surface area contributed by atoms with Crippen LogP contribution in [0.15, 0.2) is 32.7 Å². The van der Waals surface area contributed by atoms with Crippen molar-refractivity contribution in [2.75, 3.05) is 11.5 Å². The Morgan fingerprint density at radius 1 is 1.23 bits per heavy atom. The highest BCUT2D eigenvalue weighted by molar-refractivity contribution is 8.00. The molecule has 11 heteroatoms. The van der Waals surface area contributed by atoms with Gasteiger partial charge in [0.2, 0.25) is 0 Å². The van der Waals surface area contributed by atoms with Gasteiger partial charge in [-0.3, -0.25) is 18.7 Å². The first kappa shape index (κ1) is 20.1. The predicted molar refractivity (Wildman–Crippen MR) is 92.8 cm³/mol. The minimum Gasteiger partial charge on any atom is -0.384 e. The summed E-state index contributed by atoms with van der Waals surface area (Å²) in [7, 11) is 2.50. The number of hydrogen-bond donors (Lipinski definition) is 1. The Morgan fingerprint density at radius 3 is 2.42 bits per heavy atom. The van der Waals surface area contributed by atoms with E-state index in [0.29, 0.717) is 0 Å². The number of halogens is 4. The average molecular weight is 408 g/mol. The fraction of sp³-hybridized carbons (Fsp3) is 0.267. The van der Waals surface area contributed by atoms with Crippen molar-refractivity contribution in [2.45, 2.75) is 11.1 Å². The van der Waals surface area contributed by atoms with Crippen molar-refractivity contribution < 1.29 is 18.0 Å². The van der Waals surface area contributed by atoms with Gasteiger partial charge >= 0.3 is 11.9 Å². The molecule has 1 heterocycles. The number of rotatable bonds is 4. The van der Waals surface area contributed by atoms with Crippen LogP contribution in [0.25, 0.3) is 0 Å². The van der Waals surface area contributed by atoms with E-state index in [2.05, 4.69) is 0 Å². The van der Waals surface area contributed by atoms with Gasteiger partial charge in [-0.05, 0) is 18.2 Å². The first-order valence-electron chi connectivity index (χ1n) is 7.03. The molecule has 0 fully saturated rings. The Labute approximate surface area is 154 Å². The van der Waals surface area contributed by atoms with E-state index in [4.69, 9.17) is 17.3 Å². The molecule has 6 nitrogen and oxygen atoms in total. The lowest BCUT2D eigenvalue weighted by Crippen LogP contribution is -2.41. The van der Waals surface area contributed by atoms with Crippen LogP contribution in [0, 0.1) is 0 Å². The number of anilines is 1. The molecule has 0 aliphatic carbocycles. The van der Waals surface area contributed by atoms with Gasteiger partial charge < -0.3 is 5.73 Å².